The van der Waals surface area contributed by atoms with Crippen molar-refractivity contribution < 1.29 is 23.9 Å². The van der Waals surface area contributed by atoms with Crippen LogP contribution in [0.1, 0.15) is 36.2 Å². The van der Waals surface area contributed by atoms with Crippen LogP contribution in [-0.4, -0.2) is 41.1 Å². The molecule has 1 aliphatic heterocycles. The Morgan fingerprint density at radius 1 is 1.03 bits per heavy atom. The summed E-state index contributed by atoms with van der Waals surface area (Å²) in [6, 6.07) is 5.99. The number of ketones is 1. The molecular weight excluding hydrogens is 370 g/mol. The molecule has 2 bridgehead atoms. The Kier molecular flexibility index (Phi) is 4.89. The molecule has 1 heterocycles. The monoisotopic (exact) mass is 395 g/mol. The first kappa shape index (κ1) is 19.6. The predicted octanol–water partition coefficient (Wildman–Crippen LogP) is 2.55. The van der Waals surface area contributed by atoms with Crippen LogP contribution in [-0.2, 0) is 19.1 Å². The Morgan fingerprint density at radius 2 is 1.59 bits per heavy atom. The van der Waals surface area contributed by atoms with Gasteiger partial charge in [0.25, 0.3) is 0 Å². The molecule has 3 aliphatic rings. The van der Waals surface area contributed by atoms with E-state index >= 15 is 0 Å². The van der Waals surface area contributed by atoms with E-state index in [1.54, 1.807) is 26.0 Å². The van der Waals surface area contributed by atoms with Crippen molar-refractivity contribution in [3.8, 4) is 0 Å². The van der Waals surface area contributed by atoms with Crippen LogP contribution in [0.2, 0.25) is 0 Å². The molecule has 29 heavy (non-hydrogen) atoms. The number of imide groups is 1. The zero-order valence-electron chi connectivity index (χ0n) is 16.8. The molecule has 6 heteroatoms. The topological polar surface area (TPSA) is 80.8 Å². The Bertz CT molecular complexity index is 870. The molecule has 152 valence electrons. The lowest BCUT2D eigenvalue weighted by Crippen LogP contribution is -2.50. The molecular formula is C23H25NO5. The summed E-state index contributed by atoms with van der Waals surface area (Å²) in [5.41, 5.74) is 1.48. The first-order valence-electron chi connectivity index (χ1n) is 10.1. The van der Waals surface area contributed by atoms with Gasteiger partial charge in [-0.3, -0.25) is 19.3 Å². The molecule has 2 aliphatic carbocycles. The number of hydrogen-bond donors (Lipinski definition) is 0. The summed E-state index contributed by atoms with van der Waals surface area (Å²) in [5.74, 6) is -2.45. The standard InChI is InChI=1S/C23H25NO5/c1-12(2)20(23(28)29-11-17(25)14-6-4-13(3)5-7-14)24-21(26)18-15-8-9-16(10-15)19(18)22(24)27/h4-9,12,15-16,18-20H,10-11H2,1-3H3. The Balaban J connectivity index is 1.47. The van der Waals surface area contributed by atoms with Gasteiger partial charge in [0, 0.05) is 5.56 Å². The van der Waals surface area contributed by atoms with Gasteiger partial charge in [0.15, 0.2) is 12.4 Å². The lowest BCUT2D eigenvalue weighted by Gasteiger charge is -2.28. The number of esters is 1. The van der Waals surface area contributed by atoms with Gasteiger partial charge in [-0.25, -0.2) is 4.79 Å². The van der Waals surface area contributed by atoms with Crippen molar-refractivity contribution in [2.75, 3.05) is 6.61 Å². The highest BCUT2D eigenvalue weighted by molar-refractivity contribution is 6.09. The number of fused-ring (bicyclic) bond motifs is 5. The Morgan fingerprint density at radius 3 is 2.10 bits per heavy atom. The van der Waals surface area contributed by atoms with E-state index in [-0.39, 0.29) is 47.2 Å². The van der Waals surface area contributed by atoms with Crippen molar-refractivity contribution in [2.45, 2.75) is 33.2 Å². The lowest BCUT2D eigenvalue weighted by molar-refractivity contribution is -0.160. The fourth-order valence-electron chi connectivity index (χ4n) is 4.92. The normalized spacial score (nSPS) is 28.2. The van der Waals surface area contributed by atoms with Gasteiger partial charge in [0.05, 0.1) is 11.8 Å². The van der Waals surface area contributed by atoms with Gasteiger partial charge in [-0.05, 0) is 31.1 Å². The van der Waals surface area contributed by atoms with E-state index in [4.69, 9.17) is 4.74 Å². The number of Topliss-reactive ketones (excluding diaryl/α,β-unsaturated/α-hetero) is 1. The number of likely N-dealkylation sites (tertiary alicyclic amines) is 1. The van der Waals surface area contributed by atoms with Crippen molar-refractivity contribution in [3.63, 3.8) is 0 Å². The van der Waals surface area contributed by atoms with E-state index in [0.29, 0.717) is 5.56 Å². The molecule has 2 amide bonds. The van der Waals surface area contributed by atoms with E-state index in [1.165, 1.54) is 0 Å². The maximum absolute atomic E-state index is 13.0. The van der Waals surface area contributed by atoms with Crippen LogP contribution in [0.3, 0.4) is 0 Å². The zero-order valence-corrected chi connectivity index (χ0v) is 16.8. The highest BCUT2D eigenvalue weighted by Crippen LogP contribution is 2.53. The van der Waals surface area contributed by atoms with Crippen LogP contribution in [0.25, 0.3) is 0 Å². The third kappa shape index (κ3) is 3.20. The summed E-state index contributed by atoms with van der Waals surface area (Å²) in [7, 11) is 0. The van der Waals surface area contributed by atoms with Gasteiger partial charge in [0.1, 0.15) is 6.04 Å². The summed E-state index contributed by atoms with van der Waals surface area (Å²) in [5, 5.41) is 0. The van der Waals surface area contributed by atoms with Crippen molar-refractivity contribution in [3.05, 3.63) is 47.5 Å². The van der Waals surface area contributed by atoms with Crippen LogP contribution >= 0.6 is 0 Å². The number of carbonyl (C=O) groups is 4. The number of benzene rings is 1. The molecule has 1 aromatic rings. The second-order valence-corrected chi connectivity index (χ2v) is 8.63. The Labute approximate surface area is 169 Å². The molecule has 2 fully saturated rings. The minimum absolute atomic E-state index is 0.0818. The largest absolute Gasteiger partial charge is 0.456 e. The molecule has 6 nitrogen and oxygen atoms in total. The number of carbonyl (C=O) groups excluding carboxylic acids is 4. The third-order valence-corrected chi connectivity index (χ3v) is 6.37. The SMILES string of the molecule is Cc1ccc(C(=O)COC(=O)C(C(C)C)N2C(=O)C3C4C=CC(C4)C3C2=O)cc1. The smallest absolute Gasteiger partial charge is 0.330 e. The number of amides is 2. The van der Waals surface area contributed by atoms with Gasteiger partial charge in [0.2, 0.25) is 11.8 Å². The summed E-state index contributed by atoms with van der Waals surface area (Å²) in [6.07, 6.45) is 4.87. The van der Waals surface area contributed by atoms with Gasteiger partial charge in [-0.1, -0.05) is 55.8 Å². The molecule has 5 unspecified atom stereocenters. The van der Waals surface area contributed by atoms with Crippen molar-refractivity contribution in [2.24, 2.45) is 29.6 Å². The van der Waals surface area contributed by atoms with Crippen LogP contribution in [0.15, 0.2) is 36.4 Å². The van der Waals surface area contributed by atoms with E-state index in [2.05, 4.69) is 0 Å². The number of allylic oxidation sites excluding steroid dienone is 2. The van der Waals surface area contributed by atoms with Gasteiger partial charge in [-0.2, -0.15) is 0 Å². The van der Waals surface area contributed by atoms with Crippen LogP contribution < -0.4 is 0 Å². The van der Waals surface area contributed by atoms with Gasteiger partial charge in [-0.15, -0.1) is 0 Å². The molecule has 0 aromatic heterocycles. The average Bonchev–Trinajstić information content (AvgIpc) is 3.36. The van der Waals surface area contributed by atoms with Crippen molar-refractivity contribution in [1.29, 1.82) is 0 Å². The van der Waals surface area contributed by atoms with E-state index in [0.717, 1.165) is 16.9 Å². The lowest BCUT2D eigenvalue weighted by atomic mass is 9.85. The van der Waals surface area contributed by atoms with Crippen LogP contribution in [0.4, 0.5) is 0 Å². The number of ether oxygens (including phenoxy) is 1. The first-order valence-corrected chi connectivity index (χ1v) is 10.1. The Hall–Kier alpha value is -2.76. The maximum atomic E-state index is 13.0. The predicted molar refractivity (Wildman–Crippen MR) is 105 cm³/mol. The summed E-state index contributed by atoms with van der Waals surface area (Å²) >= 11 is 0. The number of rotatable bonds is 6. The maximum Gasteiger partial charge on any atom is 0.330 e. The second-order valence-electron chi connectivity index (χ2n) is 8.63. The fraction of sp³-hybridized carbons (Fsp3) is 0.478. The zero-order chi connectivity index (χ0) is 20.9. The van der Waals surface area contributed by atoms with E-state index in [9.17, 15) is 19.2 Å². The fourth-order valence-corrected chi connectivity index (χ4v) is 4.92. The third-order valence-electron chi connectivity index (χ3n) is 6.37. The molecule has 5 atom stereocenters. The molecule has 0 radical (unpaired) electrons. The highest BCUT2D eigenvalue weighted by atomic mass is 16.5. The number of hydrogen-bond acceptors (Lipinski definition) is 5. The second kappa shape index (κ2) is 7.25. The van der Waals surface area contributed by atoms with Crippen molar-refractivity contribution in [1.82, 2.24) is 4.90 Å². The van der Waals surface area contributed by atoms with Crippen LogP contribution in [0, 0.1) is 36.5 Å². The number of nitrogens with zero attached hydrogens (tertiary/aromatic N) is 1. The van der Waals surface area contributed by atoms with Gasteiger partial charge < -0.3 is 4.74 Å². The molecule has 1 saturated heterocycles. The quantitative estimate of drug-likeness (QED) is 0.320. The van der Waals surface area contributed by atoms with E-state index < -0.39 is 18.6 Å². The molecule has 1 aromatic carbocycles. The van der Waals surface area contributed by atoms with Gasteiger partial charge >= 0.3 is 5.97 Å². The summed E-state index contributed by atoms with van der Waals surface area (Å²) < 4.78 is 5.26. The summed E-state index contributed by atoms with van der Waals surface area (Å²) in [4.78, 5) is 52.3. The summed E-state index contributed by atoms with van der Waals surface area (Å²) in [6.45, 7) is 5.05. The molecule has 1 saturated carbocycles. The average molecular weight is 395 g/mol. The van der Waals surface area contributed by atoms with Crippen molar-refractivity contribution >= 4 is 23.6 Å². The molecule has 4 rings (SSSR count). The first-order chi connectivity index (χ1) is 13.8. The van der Waals surface area contributed by atoms with Crippen LogP contribution in [0.5, 0.6) is 0 Å². The minimum Gasteiger partial charge on any atom is -0.456 e. The molecule has 0 spiro atoms. The minimum atomic E-state index is -1.01. The molecule has 0 N–H and O–H groups in total. The van der Waals surface area contributed by atoms with E-state index in [1.807, 2.05) is 31.2 Å². The highest BCUT2D eigenvalue weighted by Gasteiger charge is 2.61. The number of aryl methyl sites for hydroxylation is 1.